The summed E-state index contributed by atoms with van der Waals surface area (Å²) in [5.41, 5.74) is 0.968. The molecular formula is C18H19NO4. The Morgan fingerprint density at radius 2 is 1.96 bits per heavy atom. The lowest BCUT2D eigenvalue weighted by Gasteiger charge is -2.32. The molecule has 0 bridgehead atoms. The lowest BCUT2D eigenvalue weighted by atomic mass is 10.0. The average Bonchev–Trinajstić information content (AvgIpc) is 2.54. The Morgan fingerprint density at radius 1 is 1.17 bits per heavy atom. The fraction of sp³-hybridized carbons (Fsp3) is 0.333. The first-order valence-electron chi connectivity index (χ1n) is 7.70. The SMILES string of the molecule is O=C(O)CC1CN(C(=O)Cc2ccc3ccccc3c2)CCO1. The van der Waals surface area contributed by atoms with Gasteiger partial charge in [-0.15, -0.1) is 0 Å². The Bertz CT molecular complexity index is 728. The smallest absolute Gasteiger partial charge is 0.306 e. The highest BCUT2D eigenvalue weighted by atomic mass is 16.5. The molecule has 120 valence electrons. The summed E-state index contributed by atoms with van der Waals surface area (Å²) >= 11 is 0. The van der Waals surface area contributed by atoms with Crippen molar-refractivity contribution in [3.05, 3.63) is 48.0 Å². The molecule has 1 heterocycles. The molecule has 2 aromatic carbocycles. The van der Waals surface area contributed by atoms with Gasteiger partial charge in [-0.25, -0.2) is 0 Å². The predicted molar refractivity (Wildman–Crippen MR) is 86.2 cm³/mol. The molecule has 1 aliphatic rings. The monoisotopic (exact) mass is 313 g/mol. The molecule has 0 aliphatic carbocycles. The Balaban J connectivity index is 1.66. The third kappa shape index (κ3) is 3.87. The second kappa shape index (κ2) is 6.79. The predicted octanol–water partition coefficient (Wildman–Crippen LogP) is 2.08. The van der Waals surface area contributed by atoms with Gasteiger partial charge in [0.15, 0.2) is 0 Å². The highest BCUT2D eigenvalue weighted by molar-refractivity contribution is 5.85. The second-order valence-corrected chi connectivity index (χ2v) is 5.79. The summed E-state index contributed by atoms with van der Waals surface area (Å²) in [4.78, 5) is 24.9. The molecule has 0 aromatic heterocycles. The van der Waals surface area contributed by atoms with E-state index in [1.807, 2.05) is 42.5 Å². The number of carboxylic acids is 1. The first-order chi connectivity index (χ1) is 11.1. The molecule has 1 amide bonds. The normalized spacial score (nSPS) is 18.1. The number of hydrogen-bond acceptors (Lipinski definition) is 3. The molecule has 2 aromatic rings. The van der Waals surface area contributed by atoms with Crippen molar-refractivity contribution in [1.29, 1.82) is 0 Å². The maximum absolute atomic E-state index is 12.5. The number of fused-ring (bicyclic) bond motifs is 1. The van der Waals surface area contributed by atoms with Crippen molar-refractivity contribution in [3.63, 3.8) is 0 Å². The average molecular weight is 313 g/mol. The van der Waals surface area contributed by atoms with Gasteiger partial charge >= 0.3 is 5.97 Å². The fourth-order valence-electron chi connectivity index (χ4n) is 2.90. The first-order valence-corrected chi connectivity index (χ1v) is 7.70. The van der Waals surface area contributed by atoms with Crippen molar-refractivity contribution in [3.8, 4) is 0 Å². The number of ether oxygens (including phenoxy) is 1. The van der Waals surface area contributed by atoms with Crippen LogP contribution in [0.15, 0.2) is 42.5 Å². The molecule has 5 nitrogen and oxygen atoms in total. The van der Waals surface area contributed by atoms with Gasteiger partial charge in [-0.05, 0) is 16.3 Å². The minimum absolute atomic E-state index is 0.0129. The fourth-order valence-corrected chi connectivity index (χ4v) is 2.90. The number of amides is 1. The third-order valence-electron chi connectivity index (χ3n) is 4.06. The Morgan fingerprint density at radius 3 is 2.74 bits per heavy atom. The minimum atomic E-state index is -0.904. The van der Waals surface area contributed by atoms with Crippen LogP contribution in [0, 0.1) is 0 Å². The van der Waals surface area contributed by atoms with E-state index in [4.69, 9.17) is 9.84 Å². The van der Waals surface area contributed by atoms with E-state index in [9.17, 15) is 9.59 Å². The van der Waals surface area contributed by atoms with Crippen molar-refractivity contribution in [2.75, 3.05) is 19.7 Å². The van der Waals surface area contributed by atoms with Gasteiger partial charge in [-0.2, -0.15) is 0 Å². The minimum Gasteiger partial charge on any atom is -0.481 e. The van der Waals surface area contributed by atoms with Crippen molar-refractivity contribution < 1.29 is 19.4 Å². The highest BCUT2D eigenvalue weighted by Crippen LogP contribution is 2.17. The lowest BCUT2D eigenvalue weighted by Crippen LogP contribution is -2.46. The number of morpholine rings is 1. The van der Waals surface area contributed by atoms with Crippen molar-refractivity contribution in [2.45, 2.75) is 18.9 Å². The van der Waals surface area contributed by atoms with Crippen LogP contribution in [-0.2, 0) is 20.7 Å². The maximum Gasteiger partial charge on any atom is 0.306 e. The summed E-state index contributed by atoms with van der Waals surface area (Å²) in [6.07, 6.45) is -0.161. The van der Waals surface area contributed by atoms with E-state index in [1.165, 1.54) is 0 Å². The number of rotatable bonds is 4. The molecular weight excluding hydrogens is 294 g/mol. The number of carbonyl (C=O) groups excluding carboxylic acids is 1. The van der Waals surface area contributed by atoms with E-state index < -0.39 is 12.1 Å². The van der Waals surface area contributed by atoms with Gasteiger partial charge in [0.2, 0.25) is 5.91 Å². The van der Waals surface area contributed by atoms with Crippen molar-refractivity contribution in [2.24, 2.45) is 0 Å². The summed E-state index contributed by atoms with van der Waals surface area (Å²) in [6, 6.07) is 14.1. The van der Waals surface area contributed by atoms with E-state index in [1.54, 1.807) is 4.90 Å². The van der Waals surface area contributed by atoms with E-state index in [2.05, 4.69) is 0 Å². The first kappa shape index (κ1) is 15.5. The Hall–Kier alpha value is -2.40. The molecule has 0 radical (unpaired) electrons. The van der Waals surface area contributed by atoms with Gasteiger partial charge in [0.25, 0.3) is 0 Å². The zero-order valence-electron chi connectivity index (χ0n) is 12.8. The molecule has 1 atom stereocenters. The Labute approximate surface area is 134 Å². The maximum atomic E-state index is 12.5. The topological polar surface area (TPSA) is 66.8 Å². The van der Waals surface area contributed by atoms with E-state index >= 15 is 0 Å². The second-order valence-electron chi connectivity index (χ2n) is 5.79. The van der Waals surface area contributed by atoms with Crippen LogP contribution in [0.4, 0.5) is 0 Å². The summed E-state index contributed by atoms with van der Waals surface area (Å²) < 4.78 is 5.40. The van der Waals surface area contributed by atoms with Gasteiger partial charge in [-0.3, -0.25) is 9.59 Å². The van der Waals surface area contributed by atoms with E-state index in [-0.39, 0.29) is 12.3 Å². The standard InChI is InChI=1S/C18H19NO4/c20-17(19-7-8-23-16(12-19)11-18(21)22)10-13-5-6-14-3-1-2-4-15(14)9-13/h1-6,9,16H,7-8,10-12H2,(H,21,22). The molecule has 1 N–H and O–H groups in total. The van der Waals surface area contributed by atoms with Crippen LogP contribution in [-0.4, -0.2) is 47.7 Å². The number of carbonyl (C=O) groups is 2. The summed E-state index contributed by atoms with van der Waals surface area (Å²) in [6.45, 7) is 1.25. The summed E-state index contributed by atoms with van der Waals surface area (Å²) in [5, 5.41) is 11.1. The largest absolute Gasteiger partial charge is 0.481 e. The number of benzene rings is 2. The molecule has 23 heavy (non-hydrogen) atoms. The van der Waals surface area contributed by atoms with Crippen LogP contribution in [0.5, 0.6) is 0 Å². The molecule has 5 heteroatoms. The van der Waals surface area contributed by atoms with Gasteiger partial charge in [0, 0.05) is 13.1 Å². The lowest BCUT2D eigenvalue weighted by molar-refractivity contribution is -0.147. The molecule has 1 unspecified atom stereocenters. The zero-order chi connectivity index (χ0) is 16.2. The van der Waals surface area contributed by atoms with Crippen LogP contribution in [0.25, 0.3) is 10.8 Å². The number of carboxylic acid groups (broad SMARTS) is 1. The quantitative estimate of drug-likeness (QED) is 0.938. The third-order valence-corrected chi connectivity index (χ3v) is 4.06. The van der Waals surface area contributed by atoms with Crippen LogP contribution >= 0.6 is 0 Å². The zero-order valence-corrected chi connectivity index (χ0v) is 12.8. The van der Waals surface area contributed by atoms with Gasteiger partial charge < -0.3 is 14.7 Å². The van der Waals surface area contributed by atoms with Crippen molar-refractivity contribution in [1.82, 2.24) is 4.90 Å². The van der Waals surface area contributed by atoms with Crippen LogP contribution in [0.3, 0.4) is 0 Å². The highest BCUT2D eigenvalue weighted by Gasteiger charge is 2.25. The number of hydrogen-bond donors (Lipinski definition) is 1. The Kier molecular flexibility index (Phi) is 4.57. The van der Waals surface area contributed by atoms with Gasteiger partial charge in [0.05, 0.1) is 25.6 Å². The number of nitrogens with zero attached hydrogens (tertiary/aromatic N) is 1. The van der Waals surface area contributed by atoms with Crippen LogP contribution in [0.1, 0.15) is 12.0 Å². The van der Waals surface area contributed by atoms with Gasteiger partial charge in [-0.1, -0.05) is 42.5 Å². The van der Waals surface area contributed by atoms with E-state index in [0.29, 0.717) is 26.1 Å². The van der Waals surface area contributed by atoms with Crippen LogP contribution in [0.2, 0.25) is 0 Å². The van der Waals surface area contributed by atoms with Crippen LogP contribution < -0.4 is 0 Å². The summed E-state index contributed by atoms with van der Waals surface area (Å²) in [5.74, 6) is -0.891. The van der Waals surface area contributed by atoms with Crippen molar-refractivity contribution >= 4 is 22.6 Å². The summed E-state index contributed by atoms with van der Waals surface area (Å²) in [7, 11) is 0. The molecule has 1 aliphatic heterocycles. The van der Waals surface area contributed by atoms with Gasteiger partial charge in [0.1, 0.15) is 0 Å². The molecule has 3 rings (SSSR count). The molecule has 0 spiro atoms. The molecule has 1 fully saturated rings. The van der Waals surface area contributed by atoms with E-state index in [0.717, 1.165) is 16.3 Å². The number of aliphatic carboxylic acids is 1. The molecule has 1 saturated heterocycles. The molecule has 0 saturated carbocycles.